The summed E-state index contributed by atoms with van der Waals surface area (Å²) in [6.45, 7) is 7.67. The summed E-state index contributed by atoms with van der Waals surface area (Å²) < 4.78 is 0. The van der Waals surface area contributed by atoms with Crippen molar-refractivity contribution < 1.29 is 9.72 Å². The maximum Gasteiger partial charge on any atom is 0.322 e. The van der Waals surface area contributed by atoms with Gasteiger partial charge >= 0.3 is 5.69 Å². The standard InChI is InChI=1S/C15H23N7O3/c1-5-7-10-12(22(24)25)11(19-18-10)15(23)16-9(4)14-17-13(20-21-14)8(3)6-2/h8-9H,5-7H2,1-4H3,(H,16,23)(H,18,19)(H,17,20,21). The van der Waals surface area contributed by atoms with E-state index < -0.39 is 16.9 Å². The van der Waals surface area contributed by atoms with Gasteiger partial charge in [0.05, 0.1) is 11.0 Å². The number of nitrogens with zero attached hydrogens (tertiary/aromatic N) is 4. The van der Waals surface area contributed by atoms with Gasteiger partial charge in [-0.3, -0.25) is 25.1 Å². The number of nitrogens with one attached hydrogen (secondary N) is 3. The van der Waals surface area contributed by atoms with Crippen molar-refractivity contribution in [2.75, 3.05) is 0 Å². The van der Waals surface area contributed by atoms with Gasteiger partial charge in [-0.25, -0.2) is 4.98 Å². The normalized spacial score (nSPS) is 13.4. The lowest BCUT2D eigenvalue weighted by atomic mass is 10.1. The van der Waals surface area contributed by atoms with Crippen LogP contribution in [0.25, 0.3) is 0 Å². The Kier molecular flexibility index (Phi) is 5.84. The predicted octanol–water partition coefficient (Wildman–Crippen LogP) is 2.39. The van der Waals surface area contributed by atoms with Gasteiger partial charge in [0.2, 0.25) is 5.69 Å². The lowest BCUT2D eigenvalue weighted by Gasteiger charge is -2.09. The highest BCUT2D eigenvalue weighted by Gasteiger charge is 2.30. The van der Waals surface area contributed by atoms with E-state index in [0.717, 1.165) is 6.42 Å². The van der Waals surface area contributed by atoms with E-state index in [4.69, 9.17) is 0 Å². The van der Waals surface area contributed by atoms with E-state index in [1.807, 2.05) is 20.8 Å². The second-order valence-corrected chi connectivity index (χ2v) is 5.99. The first kappa shape index (κ1) is 18.6. The summed E-state index contributed by atoms with van der Waals surface area (Å²) >= 11 is 0. The fraction of sp³-hybridized carbons (Fsp3) is 0.600. The van der Waals surface area contributed by atoms with E-state index >= 15 is 0 Å². The second-order valence-electron chi connectivity index (χ2n) is 5.99. The first-order chi connectivity index (χ1) is 11.9. The van der Waals surface area contributed by atoms with Crippen molar-refractivity contribution in [1.82, 2.24) is 30.7 Å². The number of hydrogen-bond acceptors (Lipinski definition) is 6. The van der Waals surface area contributed by atoms with Crippen LogP contribution in [-0.2, 0) is 6.42 Å². The largest absolute Gasteiger partial charge is 0.341 e. The Hall–Kier alpha value is -2.78. The Bertz CT molecular complexity index is 752. The molecule has 2 unspecified atom stereocenters. The highest BCUT2D eigenvalue weighted by molar-refractivity contribution is 5.96. The van der Waals surface area contributed by atoms with Gasteiger partial charge < -0.3 is 5.32 Å². The van der Waals surface area contributed by atoms with Crippen LogP contribution in [0, 0.1) is 10.1 Å². The molecule has 0 radical (unpaired) electrons. The molecular weight excluding hydrogens is 326 g/mol. The van der Waals surface area contributed by atoms with Crippen molar-refractivity contribution in [2.24, 2.45) is 0 Å². The van der Waals surface area contributed by atoms with Crippen LogP contribution >= 0.6 is 0 Å². The molecule has 0 spiro atoms. The molecule has 2 atom stereocenters. The number of aromatic amines is 2. The molecule has 1 amide bonds. The monoisotopic (exact) mass is 349 g/mol. The average Bonchev–Trinajstić information content (AvgIpc) is 3.21. The zero-order valence-corrected chi connectivity index (χ0v) is 14.8. The number of aromatic nitrogens is 5. The molecule has 0 aromatic carbocycles. The number of carbonyl (C=O) groups excluding carboxylic acids is 1. The van der Waals surface area contributed by atoms with Gasteiger partial charge in [0.15, 0.2) is 5.82 Å². The first-order valence-electron chi connectivity index (χ1n) is 8.33. The first-order valence-corrected chi connectivity index (χ1v) is 8.33. The summed E-state index contributed by atoms with van der Waals surface area (Å²) in [5.41, 5.74) is -0.143. The Labute approximate surface area is 145 Å². The maximum atomic E-state index is 12.4. The molecule has 0 aliphatic rings. The van der Waals surface area contributed by atoms with Crippen LogP contribution in [-0.4, -0.2) is 36.2 Å². The number of rotatable bonds is 8. The Morgan fingerprint density at radius 2 is 2.00 bits per heavy atom. The molecule has 25 heavy (non-hydrogen) atoms. The molecule has 3 N–H and O–H groups in total. The van der Waals surface area contributed by atoms with E-state index in [1.54, 1.807) is 6.92 Å². The van der Waals surface area contributed by atoms with Gasteiger partial charge in [0, 0.05) is 5.92 Å². The molecule has 0 bridgehead atoms. The molecular formula is C15H23N7O3. The fourth-order valence-corrected chi connectivity index (χ4v) is 2.37. The molecule has 0 aliphatic carbocycles. The van der Waals surface area contributed by atoms with Gasteiger partial charge in [-0.05, 0) is 19.8 Å². The van der Waals surface area contributed by atoms with Gasteiger partial charge in [0.25, 0.3) is 5.91 Å². The minimum atomic E-state index is -0.626. The molecule has 2 heterocycles. The van der Waals surface area contributed by atoms with Crippen molar-refractivity contribution in [3.63, 3.8) is 0 Å². The highest BCUT2D eigenvalue weighted by Crippen LogP contribution is 2.23. The zero-order chi connectivity index (χ0) is 18.6. The molecule has 2 aromatic rings. The van der Waals surface area contributed by atoms with E-state index in [9.17, 15) is 14.9 Å². The van der Waals surface area contributed by atoms with Crippen LogP contribution in [0.5, 0.6) is 0 Å². The van der Waals surface area contributed by atoms with Crippen molar-refractivity contribution >= 4 is 11.6 Å². The number of nitro groups is 1. The number of H-pyrrole nitrogens is 2. The van der Waals surface area contributed by atoms with Gasteiger partial charge in [-0.2, -0.15) is 10.2 Å². The summed E-state index contributed by atoms with van der Waals surface area (Å²) in [6.07, 6.45) is 2.06. The number of carbonyl (C=O) groups is 1. The van der Waals surface area contributed by atoms with Crippen LogP contribution in [0.15, 0.2) is 0 Å². The predicted molar refractivity (Wildman–Crippen MR) is 90.2 cm³/mol. The van der Waals surface area contributed by atoms with E-state index in [-0.39, 0.29) is 17.3 Å². The van der Waals surface area contributed by atoms with Gasteiger partial charge in [0.1, 0.15) is 11.5 Å². The molecule has 10 nitrogen and oxygen atoms in total. The molecule has 10 heteroatoms. The third-order valence-electron chi connectivity index (χ3n) is 4.04. The van der Waals surface area contributed by atoms with Crippen LogP contribution in [0.1, 0.15) is 80.3 Å². The maximum absolute atomic E-state index is 12.4. The zero-order valence-electron chi connectivity index (χ0n) is 14.8. The molecule has 0 saturated carbocycles. The summed E-state index contributed by atoms with van der Waals surface area (Å²) in [4.78, 5) is 27.5. The van der Waals surface area contributed by atoms with Gasteiger partial charge in [-0.1, -0.05) is 27.2 Å². The topological polar surface area (TPSA) is 142 Å². The van der Waals surface area contributed by atoms with E-state index in [1.165, 1.54) is 0 Å². The average molecular weight is 349 g/mol. The fourth-order valence-electron chi connectivity index (χ4n) is 2.37. The van der Waals surface area contributed by atoms with E-state index in [2.05, 4.69) is 30.7 Å². The summed E-state index contributed by atoms with van der Waals surface area (Å²) in [5, 5.41) is 27.3. The number of amides is 1. The van der Waals surface area contributed by atoms with Crippen molar-refractivity contribution in [3.8, 4) is 0 Å². The third-order valence-corrected chi connectivity index (χ3v) is 4.04. The lowest BCUT2D eigenvalue weighted by molar-refractivity contribution is -0.385. The van der Waals surface area contributed by atoms with Crippen molar-refractivity contribution in [2.45, 2.75) is 58.9 Å². The Morgan fingerprint density at radius 3 is 2.60 bits per heavy atom. The molecule has 0 fully saturated rings. The Morgan fingerprint density at radius 1 is 1.28 bits per heavy atom. The molecule has 136 valence electrons. The van der Waals surface area contributed by atoms with Crippen LogP contribution < -0.4 is 5.32 Å². The molecule has 2 aromatic heterocycles. The number of hydrogen-bond donors (Lipinski definition) is 3. The van der Waals surface area contributed by atoms with Crippen molar-refractivity contribution in [1.29, 1.82) is 0 Å². The van der Waals surface area contributed by atoms with Crippen LogP contribution in [0.3, 0.4) is 0 Å². The lowest BCUT2D eigenvalue weighted by Crippen LogP contribution is -2.28. The van der Waals surface area contributed by atoms with Gasteiger partial charge in [-0.15, -0.1) is 0 Å². The highest BCUT2D eigenvalue weighted by atomic mass is 16.6. The molecule has 0 aliphatic heterocycles. The summed E-state index contributed by atoms with van der Waals surface area (Å²) in [6, 6.07) is -0.483. The summed E-state index contributed by atoms with van der Waals surface area (Å²) in [7, 11) is 0. The Balaban J connectivity index is 2.16. The molecule has 2 rings (SSSR count). The van der Waals surface area contributed by atoms with Crippen LogP contribution in [0.4, 0.5) is 5.69 Å². The van der Waals surface area contributed by atoms with Crippen LogP contribution in [0.2, 0.25) is 0 Å². The minimum Gasteiger partial charge on any atom is -0.341 e. The third kappa shape index (κ3) is 4.01. The SMILES string of the molecule is CCCc1[nH]nc(C(=O)NC(C)c2nc(C(C)CC)n[nH]2)c1[N+](=O)[O-]. The second kappa shape index (κ2) is 7.86. The minimum absolute atomic E-state index is 0.205. The van der Waals surface area contributed by atoms with E-state index in [0.29, 0.717) is 30.2 Å². The quantitative estimate of drug-likeness (QED) is 0.493. The molecule has 0 saturated heterocycles. The summed E-state index contributed by atoms with van der Waals surface area (Å²) in [5.74, 6) is 0.751. The number of aryl methyl sites for hydroxylation is 1. The van der Waals surface area contributed by atoms with Crippen molar-refractivity contribution in [3.05, 3.63) is 33.2 Å². The smallest absolute Gasteiger partial charge is 0.322 e.